The summed E-state index contributed by atoms with van der Waals surface area (Å²) in [4.78, 5) is 14.2. The molecule has 0 unspecified atom stereocenters. The van der Waals surface area contributed by atoms with Crippen molar-refractivity contribution in [3.63, 3.8) is 0 Å². The largest absolute Gasteiger partial charge is 0.394 e. The number of hydrogen-bond acceptors (Lipinski definition) is 3. The summed E-state index contributed by atoms with van der Waals surface area (Å²) in [7, 11) is 1.75. The standard InChI is InChI=1S/C15H22N2O2/c1-15(2,10-18)17(3)14(19)13-6-4-5-11-9-16-8-7-12(11)13/h4-6,16,18H,7-10H2,1-3H3. The van der Waals surface area contributed by atoms with E-state index < -0.39 is 5.54 Å². The Morgan fingerprint density at radius 1 is 1.47 bits per heavy atom. The Hall–Kier alpha value is -1.39. The molecular formula is C15H22N2O2. The molecule has 0 fully saturated rings. The maximum Gasteiger partial charge on any atom is 0.254 e. The molecule has 4 nitrogen and oxygen atoms in total. The van der Waals surface area contributed by atoms with Gasteiger partial charge in [-0.2, -0.15) is 0 Å². The Labute approximate surface area is 114 Å². The minimum Gasteiger partial charge on any atom is -0.394 e. The van der Waals surface area contributed by atoms with Gasteiger partial charge in [0.1, 0.15) is 0 Å². The van der Waals surface area contributed by atoms with Crippen molar-refractivity contribution in [2.75, 3.05) is 20.2 Å². The quantitative estimate of drug-likeness (QED) is 0.860. The molecule has 0 aliphatic carbocycles. The van der Waals surface area contributed by atoms with Crippen molar-refractivity contribution in [2.24, 2.45) is 0 Å². The highest BCUT2D eigenvalue weighted by Crippen LogP contribution is 2.22. The lowest BCUT2D eigenvalue weighted by Gasteiger charge is -2.35. The van der Waals surface area contributed by atoms with E-state index in [4.69, 9.17) is 0 Å². The predicted octanol–water partition coefficient (Wildman–Crippen LogP) is 1.18. The monoisotopic (exact) mass is 262 g/mol. The lowest BCUT2D eigenvalue weighted by molar-refractivity contribution is 0.0472. The molecule has 0 saturated carbocycles. The number of rotatable bonds is 3. The minimum absolute atomic E-state index is 0.0159. The summed E-state index contributed by atoms with van der Waals surface area (Å²) < 4.78 is 0. The van der Waals surface area contributed by atoms with Crippen LogP contribution in [0.1, 0.15) is 35.3 Å². The van der Waals surface area contributed by atoms with E-state index >= 15 is 0 Å². The molecule has 0 spiro atoms. The number of benzene rings is 1. The van der Waals surface area contributed by atoms with E-state index in [0.29, 0.717) is 0 Å². The van der Waals surface area contributed by atoms with Gasteiger partial charge in [-0.1, -0.05) is 12.1 Å². The maximum atomic E-state index is 12.6. The van der Waals surface area contributed by atoms with Crippen molar-refractivity contribution in [3.05, 3.63) is 34.9 Å². The van der Waals surface area contributed by atoms with Gasteiger partial charge in [0.25, 0.3) is 5.91 Å². The summed E-state index contributed by atoms with van der Waals surface area (Å²) in [5, 5.41) is 12.7. The molecule has 19 heavy (non-hydrogen) atoms. The topological polar surface area (TPSA) is 52.6 Å². The van der Waals surface area contributed by atoms with Crippen molar-refractivity contribution in [1.29, 1.82) is 0 Å². The molecular weight excluding hydrogens is 240 g/mol. The number of carbonyl (C=O) groups excluding carboxylic acids is 1. The summed E-state index contributed by atoms with van der Waals surface area (Å²) in [6.45, 7) is 5.41. The molecule has 1 aliphatic heterocycles. The molecule has 2 rings (SSSR count). The third kappa shape index (κ3) is 2.65. The first-order valence-electron chi connectivity index (χ1n) is 6.68. The zero-order valence-electron chi connectivity index (χ0n) is 11.9. The van der Waals surface area contributed by atoms with Gasteiger partial charge in [-0.05, 0) is 44.0 Å². The summed E-state index contributed by atoms with van der Waals surface area (Å²) in [5.41, 5.74) is 2.56. The van der Waals surface area contributed by atoms with E-state index in [1.165, 1.54) is 5.56 Å². The third-order valence-electron chi connectivity index (χ3n) is 3.97. The summed E-state index contributed by atoms with van der Waals surface area (Å²) in [5.74, 6) is -0.0159. The van der Waals surface area contributed by atoms with Crippen LogP contribution in [0.25, 0.3) is 0 Å². The lowest BCUT2D eigenvalue weighted by atomic mass is 9.93. The van der Waals surface area contributed by atoms with Crippen molar-refractivity contribution in [2.45, 2.75) is 32.4 Å². The average Bonchev–Trinajstić information content (AvgIpc) is 2.45. The summed E-state index contributed by atoms with van der Waals surface area (Å²) in [6.07, 6.45) is 0.880. The smallest absolute Gasteiger partial charge is 0.254 e. The van der Waals surface area contributed by atoms with Crippen molar-refractivity contribution >= 4 is 5.91 Å². The van der Waals surface area contributed by atoms with Crippen molar-refractivity contribution in [1.82, 2.24) is 10.2 Å². The number of likely N-dealkylation sites (N-methyl/N-ethyl adjacent to an activating group) is 1. The Kier molecular flexibility index (Phi) is 3.92. The summed E-state index contributed by atoms with van der Waals surface area (Å²) >= 11 is 0. The highest BCUT2D eigenvalue weighted by Gasteiger charge is 2.29. The molecule has 1 aromatic carbocycles. The van der Waals surface area contributed by atoms with E-state index in [0.717, 1.165) is 30.6 Å². The number of aliphatic hydroxyl groups is 1. The fourth-order valence-electron chi connectivity index (χ4n) is 2.29. The maximum absolute atomic E-state index is 12.6. The van der Waals surface area contributed by atoms with E-state index in [1.807, 2.05) is 26.0 Å². The van der Waals surface area contributed by atoms with E-state index in [1.54, 1.807) is 11.9 Å². The molecule has 1 heterocycles. The van der Waals surface area contributed by atoms with Crippen molar-refractivity contribution in [3.8, 4) is 0 Å². The van der Waals surface area contributed by atoms with Crippen LogP contribution in [-0.4, -0.2) is 41.7 Å². The molecule has 0 bridgehead atoms. The number of nitrogens with zero attached hydrogens (tertiary/aromatic N) is 1. The second kappa shape index (κ2) is 5.31. The molecule has 0 aromatic heterocycles. The first kappa shape index (κ1) is 14.0. The van der Waals surface area contributed by atoms with Crippen LogP contribution in [0.4, 0.5) is 0 Å². The first-order chi connectivity index (χ1) is 8.97. The average molecular weight is 262 g/mol. The third-order valence-corrected chi connectivity index (χ3v) is 3.97. The van der Waals surface area contributed by atoms with Gasteiger partial charge < -0.3 is 15.3 Å². The normalized spacial score (nSPS) is 14.9. The van der Waals surface area contributed by atoms with Crippen LogP contribution in [-0.2, 0) is 13.0 Å². The number of fused-ring (bicyclic) bond motifs is 1. The van der Waals surface area contributed by atoms with Gasteiger partial charge in [0.15, 0.2) is 0 Å². The van der Waals surface area contributed by atoms with Gasteiger partial charge in [0.2, 0.25) is 0 Å². The second-order valence-corrected chi connectivity index (χ2v) is 5.70. The van der Waals surface area contributed by atoms with E-state index in [2.05, 4.69) is 11.4 Å². The Bertz CT molecular complexity index is 483. The first-order valence-corrected chi connectivity index (χ1v) is 6.68. The molecule has 1 aromatic rings. The molecule has 4 heteroatoms. The SMILES string of the molecule is CN(C(=O)c1cccc2c1CCNC2)C(C)(C)CO. The molecule has 1 amide bonds. The Morgan fingerprint density at radius 3 is 2.89 bits per heavy atom. The van der Waals surface area contributed by atoms with Gasteiger partial charge in [-0.25, -0.2) is 0 Å². The van der Waals surface area contributed by atoms with Crippen LogP contribution in [0.2, 0.25) is 0 Å². The highest BCUT2D eigenvalue weighted by atomic mass is 16.3. The molecule has 0 atom stereocenters. The molecule has 104 valence electrons. The number of nitrogens with one attached hydrogen (secondary N) is 1. The van der Waals surface area contributed by atoms with Gasteiger partial charge in [0.05, 0.1) is 12.1 Å². The molecule has 0 saturated heterocycles. The van der Waals surface area contributed by atoms with Crippen LogP contribution in [0, 0.1) is 0 Å². The zero-order valence-corrected chi connectivity index (χ0v) is 11.9. The van der Waals surface area contributed by atoms with Crippen LogP contribution < -0.4 is 5.32 Å². The number of amides is 1. The Balaban J connectivity index is 2.34. The van der Waals surface area contributed by atoms with Crippen LogP contribution in [0.15, 0.2) is 18.2 Å². The van der Waals surface area contributed by atoms with Gasteiger partial charge in [0, 0.05) is 19.2 Å². The molecule has 2 N–H and O–H groups in total. The van der Waals surface area contributed by atoms with E-state index in [-0.39, 0.29) is 12.5 Å². The lowest BCUT2D eigenvalue weighted by Crippen LogP contribution is -2.48. The van der Waals surface area contributed by atoms with Gasteiger partial charge in [-0.15, -0.1) is 0 Å². The predicted molar refractivity (Wildman–Crippen MR) is 75.1 cm³/mol. The minimum atomic E-state index is -0.549. The van der Waals surface area contributed by atoms with Crippen LogP contribution in [0.5, 0.6) is 0 Å². The molecule has 1 aliphatic rings. The fraction of sp³-hybridized carbons (Fsp3) is 0.533. The second-order valence-electron chi connectivity index (χ2n) is 5.70. The van der Waals surface area contributed by atoms with Crippen LogP contribution in [0.3, 0.4) is 0 Å². The summed E-state index contributed by atoms with van der Waals surface area (Å²) in [6, 6.07) is 5.88. The number of hydrogen-bond donors (Lipinski definition) is 2. The number of aliphatic hydroxyl groups excluding tert-OH is 1. The van der Waals surface area contributed by atoms with E-state index in [9.17, 15) is 9.90 Å². The Morgan fingerprint density at radius 2 is 2.21 bits per heavy atom. The number of carbonyl (C=O) groups is 1. The zero-order chi connectivity index (χ0) is 14.0. The highest BCUT2D eigenvalue weighted by molar-refractivity contribution is 5.96. The van der Waals surface area contributed by atoms with Gasteiger partial charge >= 0.3 is 0 Å². The van der Waals surface area contributed by atoms with Gasteiger partial charge in [-0.3, -0.25) is 4.79 Å². The fourth-order valence-corrected chi connectivity index (χ4v) is 2.29. The molecule has 0 radical (unpaired) electrons. The van der Waals surface area contributed by atoms with Crippen molar-refractivity contribution < 1.29 is 9.90 Å². The van der Waals surface area contributed by atoms with Crippen LogP contribution >= 0.6 is 0 Å².